The van der Waals surface area contributed by atoms with Gasteiger partial charge in [0.15, 0.2) is 0 Å². The molecular formula is C11H17NS. The van der Waals surface area contributed by atoms with E-state index in [0.717, 1.165) is 6.42 Å². The van der Waals surface area contributed by atoms with Crippen LogP contribution in [-0.4, -0.2) is 6.04 Å². The lowest BCUT2D eigenvalue weighted by Crippen LogP contribution is -2.12. The summed E-state index contributed by atoms with van der Waals surface area (Å²) in [4.78, 5) is 0. The van der Waals surface area contributed by atoms with Gasteiger partial charge in [-0.05, 0) is 39.6 Å². The second-order valence-electron chi connectivity index (χ2n) is 4.93. The minimum atomic E-state index is 0.314. The third-order valence-electron chi connectivity index (χ3n) is 4.00. The SMILES string of the molecule is CC1(C)C(N)C1(C)Cc1ccsc1. The summed E-state index contributed by atoms with van der Waals surface area (Å²) in [6.07, 6.45) is 1.13. The zero-order valence-corrected chi connectivity index (χ0v) is 9.32. The quantitative estimate of drug-likeness (QED) is 0.771. The normalized spacial score (nSPS) is 36.2. The van der Waals surface area contributed by atoms with Crippen molar-refractivity contribution >= 4 is 11.3 Å². The van der Waals surface area contributed by atoms with E-state index in [1.165, 1.54) is 5.56 Å². The Balaban J connectivity index is 2.13. The molecule has 0 bridgehead atoms. The molecule has 0 amide bonds. The van der Waals surface area contributed by atoms with Crippen molar-refractivity contribution < 1.29 is 0 Å². The van der Waals surface area contributed by atoms with Gasteiger partial charge in [-0.15, -0.1) is 0 Å². The van der Waals surface area contributed by atoms with Crippen LogP contribution in [0, 0.1) is 10.8 Å². The molecule has 0 saturated heterocycles. The van der Waals surface area contributed by atoms with Gasteiger partial charge in [-0.2, -0.15) is 11.3 Å². The van der Waals surface area contributed by atoms with E-state index in [1.54, 1.807) is 11.3 Å². The Labute approximate surface area is 84.0 Å². The molecule has 1 saturated carbocycles. The Morgan fingerprint density at radius 3 is 2.46 bits per heavy atom. The lowest BCUT2D eigenvalue weighted by molar-refractivity contribution is 0.416. The summed E-state index contributed by atoms with van der Waals surface area (Å²) in [5, 5.41) is 4.37. The Bertz CT molecular complexity index is 302. The molecule has 0 radical (unpaired) electrons. The summed E-state index contributed by atoms with van der Waals surface area (Å²) in [5.74, 6) is 0. The minimum absolute atomic E-state index is 0.314. The van der Waals surface area contributed by atoms with Gasteiger partial charge in [0.1, 0.15) is 0 Å². The molecule has 0 spiro atoms. The fraction of sp³-hybridized carbons (Fsp3) is 0.636. The summed E-state index contributed by atoms with van der Waals surface area (Å²) >= 11 is 1.77. The van der Waals surface area contributed by atoms with E-state index in [0.29, 0.717) is 16.9 Å². The topological polar surface area (TPSA) is 26.0 Å². The molecule has 0 aromatic carbocycles. The van der Waals surface area contributed by atoms with Crippen molar-refractivity contribution in [3.63, 3.8) is 0 Å². The van der Waals surface area contributed by atoms with E-state index in [-0.39, 0.29) is 0 Å². The van der Waals surface area contributed by atoms with Crippen molar-refractivity contribution in [1.82, 2.24) is 0 Å². The predicted molar refractivity (Wildman–Crippen MR) is 57.9 cm³/mol. The molecule has 2 rings (SSSR count). The van der Waals surface area contributed by atoms with Crippen LogP contribution in [0.5, 0.6) is 0 Å². The first-order valence-corrected chi connectivity index (χ1v) is 5.69. The van der Waals surface area contributed by atoms with Crippen LogP contribution in [0.15, 0.2) is 16.8 Å². The number of hydrogen-bond acceptors (Lipinski definition) is 2. The van der Waals surface area contributed by atoms with Crippen LogP contribution < -0.4 is 5.73 Å². The summed E-state index contributed by atoms with van der Waals surface area (Å²) < 4.78 is 0. The highest BCUT2D eigenvalue weighted by Gasteiger charge is 2.65. The molecule has 1 aromatic heterocycles. The maximum atomic E-state index is 6.10. The standard InChI is InChI=1S/C11H17NS/c1-10(2)9(12)11(10,3)6-8-4-5-13-7-8/h4-5,7,9H,6,12H2,1-3H3. The molecule has 1 fully saturated rings. The van der Waals surface area contributed by atoms with E-state index in [4.69, 9.17) is 5.73 Å². The van der Waals surface area contributed by atoms with E-state index in [9.17, 15) is 0 Å². The van der Waals surface area contributed by atoms with Crippen LogP contribution in [0.4, 0.5) is 0 Å². The molecule has 2 atom stereocenters. The van der Waals surface area contributed by atoms with Gasteiger partial charge in [-0.3, -0.25) is 0 Å². The van der Waals surface area contributed by atoms with Gasteiger partial charge in [0.05, 0.1) is 0 Å². The highest BCUT2D eigenvalue weighted by Crippen LogP contribution is 2.63. The number of rotatable bonds is 2. The Morgan fingerprint density at radius 1 is 1.46 bits per heavy atom. The molecule has 1 nitrogen and oxygen atoms in total. The van der Waals surface area contributed by atoms with Crippen molar-refractivity contribution in [3.8, 4) is 0 Å². The summed E-state index contributed by atoms with van der Waals surface area (Å²) in [6, 6.07) is 2.57. The van der Waals surface area contributed by atoms with Crippen molar-refractivity contribution in [2.75, 3.05) is 0 Å². The summed E-state index contributed by atoms with van der Waals surface area (Å²) in [6.45, 7) is 6.84. The first-order chi connectivity index (χ1) is 5.98. The highest BCUT2D eigenvalue weighted by molar-refractivity contribution is 7.07. The van der Waals surface area contributed by atoms with Gasteiger partial charge in [0.2, 0.25) is 0 Å². The van der Waals surface area contributed by atoms with Gasteiger partial charge in [-0.25, -0.2) is 0 Å². The van der Waals surface area contributed by atoms with Crippen LogP contribution >= 0.6 is 11.3 Å². The third-order valence-corrected chi connectivity index (χ3v) is 4.74. The molecule has 0 aliphatic heterocycles. The molecule has 72 valence electrons. The van der Waals surface area contributed by atoms with Crippen LogP contribution in [0.25, 0.3) is 0 Å². The van der Waals surface area contributed by atoms with Crippen LogP contribution in [0.2, 0.25) is 0 Å². The van der Waals surface area contributed by atoms with Crippen molar-refractivity contribution in [2.45, 2.75) is 33.2 Å². The fourth-order valence-corrected chi connectivity index (χ4v) is 2.94. The molecule has 13 heavy (non-hydrogen) atoms. The maximum Gasteiger partial charge on any atom is 0.0159 e. The lowest BCUT2D eigenvalue weighted by Gasteiger charge is -2.12. The highest BCUT2D eigenvalue weighted by atomic mass is 32.1. The summed E-state index contributed by atoms with van der Waals surface area (Å²) in [7, 11) is 0. The Morgan fingerprint density at radius 2 is 2.08 bits per heavy atom. The minimum Gasteiger partial charge on any atom is -0.327 e. The second-order valence-corrected chi connectivity index (χ2v) is 5.71. The zero-order valence-electron chi connectivity index (χ0n) is 8.50. The number of hydrogen-bond donors (Lipinski definition) is 1. The first kappa shape index (κ1) is 9.22. The summed E-state index contributed by atoms with van der Waals surface area (Å²) in [5.41, 5.74) is 8.16. The van der Waals surface area contributed by atoms with Gasteiger partial charge in [0, 0.05) is 6.04 Å². The first-order valence-electron chi connectivity index (χ1n) is 4.75. The van der Waals surface area contributed by atoms with Crippen molar-refractivity contribution in [3.05, 3.63) is 22.4 Å². The van der Waals surface area contributed by atoms with Crippen molar-refractivity contribution in [2.24, 2.45) is 16.6 Å². The smallest absolute Gasteiger partial charge is 0.0159 e. The van der Waals surface area contributed by atoms with E-state index in [1.807, 2.05) is 0 Å². The number of thiophene rings is 1. The second kappa shape index (κ2) is 2.58. The monoisotopic (exact) mass is 195 g/mol. The zero-order chi connectivity index (χ0) is 9.69. The largest absolute Gasteiger partial charge is 0.327 e. The molecule has 1 heterocycles. The van der Waals surface area contributed by atoms with E-state index in [2.05, 4.69) is 37.6 Å². The maximum absolute atomic E-state index is 6.10. The average molecular weight is 195 g/mol. The average Bonchev–Trinajstić information content (AvgIpc) is 2.48. The molecule has 2 heteroatoms. The number of nitrogens with two attached hydrogens (primary N) is 1. The van der Waals surface area contributed by atoms with E-state index >= 15 is 0 Å². The molecule has 1 aliphatic carbocycles. The molecular weight excluding hydrogens is 178 g/mol. The Hall–Kier alpha value is -0.340. The van der Waals surface area contributed by atoms with Crippen LogP contribution in [0.3, 0.4) is 0 Å². The predicted octanol–water partition coefficient (Wildman–Crippen LogP) is 2.66. The fourth-order valence-electron chi connectivity index (χ4n) is 2.27. The van der Waals surface area contributed by atoms with Crippen LogP contribution in [-0.2, 0) is 6.42 Å². The molecule has 1 aromatic rings. The molecule has 2 unspecified atom stereocenters. The molecule has 2 N–H and O–H groups in total. The van der Waals surface area contributed by atoms with E-state index < -0.39 is 0 Å². The van der Waals surface area contributed by atoms with Gasteiger partial charge >= 0.3 is 0 Å². The Kier molecular flexibility index (Phi) is 1.83. The molecule has 1 aliphatic rings. The van der Waals surface area contributed by atoms with Gasteiger partial charge in [-0.1, -0.05) is 20.8 Å². The third kappa shape index (κ3) is 1.16. The van der Waals surface area contributed by atoms with Crippen molar-refractivity contribution in [1.29, 1.82) is 0 Å². The lowest BCUT2D eigenvalue weighted by atomic mass is 9.92. The van der Waals surface area contributed by atoms with Crippen LogP contribution in [0.1, 0.15) is 26.3 Å². The van der Waals surface area contributed by atoms with Gasteiger partial charge in [0.25, 0.3) is 0 Å². The van der Waals surface area contributed by atoms with Gasteiger partial charge < -0.3 is 5.73 Å².